The predicted octanol–water partition coefficient (Wildman–Crippen LogP) is 8.02. The van der Waals surface area contributed by atoms with Crippen LogP contribution >= 0.6 is 11.3 Å². The number of nitrogens with zero attached hydrogens (tertiary/aromatic N) is 1. The number of aryl methyl sites for hydroxylation is 1. The number of hydrogen-bond donors (Lipinski definition) is 1. The molecule has 0 aliphatic heterocycles. The minimum absolute atomic E-state index is 0.114. The third-order valence-corrected chi connectivity index (χ3v) is 6.09. The highest BCUT2D eigenvalue weighted by Gasteiger charge is 2.94. The quantitative estimate of drug-likeness (QED) is 0.255. The molecule has 0 spiro atoms. The van der Waals surface area contributed by atoms with Gasteiger partial charge in [0.25, 0.3) is 0 Å². The number of carbonyl (C=O) groups is 1. The first-order chi connectivity index (χ1) is 17.8. The number of thiazole rings is 1. The van der Waals surface area contributed by atoms with Crippen LogP contribution in [0.3, 0.4) is 0 Å². The number of amides is 1. The first kappa shape index (κ1) is 33.4. The Morgan fingerprint density at radius 2 is 1.23 bits per heavy atom. The number of anilines is 1. The van der Waals surface area contributed by atoms with Crippen LogP contribution in [0.15, 0.2) is 29.6 Å². The van der Waals surface area contributed by atoms with Crippen LogP contribution in [0.4, 0.5) is 75.4 Å². The van der Waals surface area contributed by atoms with Gasteiger partial charge in [0, 0.05) is 10.9 Å². The van der Waals surface area contributed by atoms with Crippen molar-refractivity contribution < 1.29 is 75.0 Å². The molecule has 0 fully saturated rings. The number of benzene rings is 1. The van der Waals surface area contributed by atoms with E-state index in [2.05, 4.69) is 4.98 Å². The number of alkyl halides is 16. The van der Waals surface area contributed by atoms with Gasteiger partial charge in [-0.05, 0) is 12.0 Å². The molecule has 1 amide bonds. The largest absolute Gasteiger partial charge is 0.393 e. The Bertz CT molecular complexity index is 1210. The normalized spacial score (nSPS) is 14.6. The van der Waals surface area contributed by atoms with Crippen LogP contribution in [0.2, 0.25) is 0 Å². The van der Waals surface area contributed by atoms with Crippen LogP contribution in [0.1, 0.15) is 12.5 Å². The Morgan fingerprint density at radius 3 is 1.68 bits per heavy atom. The molecule has 20 heteroatoms. The molecule has 3 nitrogen and oxygen atoms in total. The molecule has 226 valence electrons. The Labute approximate surface area is 216 Å². The summed E-state index contributed by atoms with van der Waals surface area (Å²) in [5.74, 6) is -60.0. The van der Waals surface area contributed by atoms with Crippen LogP contribution in [0.25, 0.3) is 11.3 Å². The molecular formula is C20H12F16N2OS. The van der Waals surface area contributed by atoms with Gasteiger partial charge < -0.3 is 0 Å². The number of rotatable bonds is 11. The zero-order valence-electron chi connectivity index (χ0n) is 19.0. The first-order valence-electron chi connectivity index (χ1n) is 10.1. The Kier molecular flexibility index (Phi) is 8.55. The van der Waals surface area contributed by atoms with E-state index >= 15 is 0 Å². The zero-order valence-corrected chi connectivity index (χ0v) is 19.8. The standard InChI is InChI=1S/C20H12F16N2OS/c1-2-8-3-5-9(6-4-8)10-7-40-13(37-10)38-12(39)15(25,26)17(29,30)19(33,34)20(35,36)18(31,32)16(27,28)14(23,24)11(21)22/h3-7,11H,2H2,1H3,(H,37,38,39). The average Bonchev–Trinajstić information content (AvgIpc) is 3.31. The van der Waals surface area contributed by atoms with Crippen LogP contribution in [-0.2, 0) is 11.2 Å². The summed E-state index contributed by atoms with van der Waals surface area (Å²) in [5.41, 5.74) is 0.950. The van der Waals surface area contributed by atoms with Crippen molar-refractivity contribution in [2.45, 2.75) is 61.2 Å². The topological polar surface area (TPSA) is 42.0 Å². The lowest BCUT2D eigenvalue weighted by Gasteiger charge is -2.42. The maximum Gasteiger partial charge on any atom is 0.393 e. The Balaban J connectivity index is 2.42. The highest BCUT2D eigenvalue weighted by atomic mass is 32.1. The van der Waals surface area contributed by atoms with Crippen molar-refractivity contribution in [2.24, 2.45) is 0 Å². The maximum atomic E-state index is 14.1. The molecular weight excluding hydrogens is 620 g/mol. The van der Waals surface area contributed by atoms with E-state index in [1.165, 1.54) is 12.1 Å². The molecule has 40 heavy (non-hydrogen) atoms. The molecule has 0 aliphatic rings. The van der Waals surface area contributed by atoms with E-state index in [1.54, 1.807) is 19.1 Å². The van der Waals surface area contributed by atoms with Gasteiger partial charge in [-0.25, -0.2) is 13.8 Å². The first-order valence-corrected chi connectivity index (χ1v) is 11.0. The molecule has 0 aliphatic carbocycles. The van der Waals surface area contributed by atoms with Gasteiger partial charge in [-0.1, -0.05) is 31.2 Å². The SMILES string of the molecule is CCc1ccc(-c2csc(NC(=O)C(F)(F)C(F)(F)C(F)(F)C(F)(F)C(F)(F)C(F)(F)C(F)(F)C(F)F)n2)cc1. The van der Waals surface area contributed by atoms with Gasteiger partial charge in [-0.3, -0.25) is 10.1 Å². The fraction of sp³-hybridized carbons (Fsp3) is 0.500. The van der Waals surface area contributed by atoms with Crippen molar-refractivity contribution in [3.05, 3.63) is 35.2 Å². The second-order valence-electron chi connectivity index (χ2n) is 7.91. The van der Waals surface area contributed by atoms with Crippen molar-refractivity contribution in [1.29, 1.82) is 0 Å². The van der Waals surface area contributed by atoms with Crippen molar-refractivity contribution in [3.63, 3.8) is 0 Å². The van der Waals surface area contributed by atoms with Crippen LogP contribution < -0.4 is 5.32 Å². The minimum atomic E-state index is -8.58. The van der Waals surface area contributed by atoms with Crippen molar-refractivity contribution in [3.8, 4) is 11.3 Å². The molecule has 0 saturated carbocycles. The minimum Gasteiger partial charge on any atom is -0.296 e. The number of aromatic nitrogens is 1. The summed E-state index contributed by atoms with van der Waals surface area (Å²) in [6.07, 6.45) is -5.34. The molecule has 0 bridgehead atoms. The lowest BCUT2D eigenvalue weighted by molar-refractivity contribution is -0.443. The predicted molar refractivity (Wildman–Crippen MR) is 106 cm³/mol. The van der Waals surface area contributed by atoms with E-state index < -0.39 is 58.9 Å². The zero-order chi connectivity index (χ0) is 31.3. The summed E-state index contributed by atoms with van der Waals surface area (Å²) < 4.78 is 215. The molecule has 0 atom stereocenters. The molecule has 1 aromatic carbocycles. The molecule has 2 rings (SSSR count). The summed E-state index contributed by atoms with van der Waals surface area (Å²) in [4.78, 5) is 15.2. The summed E-state index contributed by atoms with van der Waals surface area (Å²) in [7, 11) is 0. The number of hydrogen-bond acceptors (Lipinski definition) is 3. The van der Waals surface area contributed by atoms with Gasteiger partial charge in [0.15, 0.2) is 5.13 Å². The van der Waals surface area contributed by atoms with Crippen LogP contribution in [0.5, 0.6) is 0 Å². The van der Waals surface area contributed by atoms with Crippen molar-refractivity contribution >= 4 is 22.4 Å². The fourth-order valence-corrected chi connectivity index (χ4v) is 3.54. The summed E-state index contributed by atoms with van der Waals surface area (Å²) in [6, 6.07) is 6.00. The van der Waals surface area contributed by atoms with Gasteiger partial charge in [0.1, 0.15) is 0 Å². The van der Waals surface area contributed by atoms with Gasteiger partial charge >= 0.3 is 53.8 Å². The third-order valence-electron chi connectivity index (χ3n) is 5.33. The highest BCUT2D eigenvalue weighted by molar-refractivity contribution is 7.14. The van der Waals surface area contributed by atoms with E-state index in [0.29, 0.717) is 6.42 Å². The van der Waals surface area contributed by atoms with E-state index in [9.17, 15) is 75.0 Å². The highest BCUT2D eigenvalue weighted by Crippen LogP contribution is 2.62. The van der Waals surface area contributed by atoms with Crippen molar-refractivity contribution in [2.75, 3.05) is 5.32 Å². The molecule has 1 aromatic heterocycles. The number of nitrogens with one attached hydrogen (secondary N) is 1. The van der Waals surface area contributed by atoms with Crippen LogP contribution in [0, 0.1) is 0 Å². The van der Waals surface area contributed by atoms with E-state index in [4.69, 9.17) is 0 Å². The van der Waals surface area contributed by atoms with E-state index in [1.807, 2.05) is 0 Å². The lowest BCUT2D eigenvalue weighted by Crippen LogP contribution is -2.74. The number of halogens is 16. The fourth-order valence-electron chi connectivity index (χ4n) is 2.83. The van der Waals surface area contributed by atoms with Crippen molar-refractivity contribution in [1.82, 2.24) is 4.98 Å². The summed E-state index contributed by atoms with van der Waals surface area (Å²) >= 11 is 0.205. The van der Waals surface area contributed by atoms with E-state index in [0.717, 1.165) is 16.3 Å². The third kappa shape index (κ3) is 4.84. The van der Waals surface area contributed by atoms with Gasteiger partial charge in [0.05, 0.1) is 5.69 Å². The molecule has 1 heterocycles. The second kappa shape index (κ2) is 10.2. The maximum absolute atomic E-state index is 14.1. The molecule has 0 radical (unpaired) electrons. The van der Waals surface area contributed by atoms with Crippen LogP contribution in [-0.4, -0.2) is 58.8 Å². The monoisotopic (exact) mass is 632 g/mol. The molecule has 1 N–H and O–H groups in total. The molecule has 0 unspecified atom stereocenters. The Morgan fingerprint density at radius 1 is 0.775 bits per heavy atom. The van der Waals surface area contributed by atoms with Gasteiger partial charge in [-0.2, -0.15) is 61.5 Å². The Hall–Kier alpha value is -2.80. The average molecular weight is 632 g/mol. The second-order valence-corrected chi connectivity index (χ2v) is 8.77. The summed E-state index contributed by atoms with van der Waals surface area (Å²) in [6.45, 7) is 1.78. The lowest BCUT2D eigenvalue weighted by atomic mass is 9.89. The number of carbonyl (C=O) groups excluding carboxylic acids is 1. The summed E-state index contributed by atoms with van der Waals surface area (Å²) in [5, 5.41) is 0.810. The molecule has 0 saturated heterocycles. The molecule has 2 aromatic rings. The smallest absolute Gasteiger partial charge is 0.296 e. The van der Waals surface area contributed by atoms with E-state index in [-0.39, 0.29) is 22.6 Å². The van der Waals surface area contributed by atoms with Gasteiger partial charge in [0.2, 0.25) is 0 Å². The van der Waals surface area contributed by atoms with Gasteiger partial charge in [-0.15, -0.1) is 11.3 Å².